The van der Waals surface area contributed by atoms with Crippen LogP contribution in [-0.4, -0.2) is 22.4 Å². The number of rotatable bonds is 1. The van der Waals surface area contributed by atoms with Gasteiger partial charge in [-0.2, -0.15) is 0 Å². The molecule has 0 spiro atoms. The number of carbonyl (C=O) groups excluding carboxylic acids is 1. The third-order valence-electron chi connectivity index (χ3n) is 5.98. The molecule has 1 aliphatic carbocycles. The summed E-state index contributed by atoms with van der Waals surface area (Å²) in [6.07, 6.45) is 3.45. The number of aromatic hydroxyl groups is 1. The Labute approximate surface area is 168 Å². The Morgan fingerprint density at radius 3 is 2.66 bits per heavy atom. The summed E-state index contributed by atoms with van der Waals surface area (Å²) in [6.45, 7) is 2.39. The lowest BCUT2D eigenvalue weighted by atomic mass is 9.92. The molecule has 2 heterocycles. The van der Waals surface area contributed by atoms with Crippen molar-refractivity contribution in [1.29, 1.82) is 0 Å². The smallest absolute Gasteiger partial charge is 0.275 e. The highest BCUT2D eigenvalue weighted by Gasteiger charge is 2.35. The molecule has 0 fully saturated rings. The summed E-state index contributed by atoms with van der Waals surface area (Å²) in [5, 5.41) is 15.1. The van der Waals surface area contributed by atoms with Gasteiger partial charge in [0.05, 0.1) is 6.04 Å². The lowest BCUT2D eigenvalue weighted by Crippen LogP contribution is -2.53. The van der Waals surface area contributed by atoms with Crippen molar-refractivity contribution in [2.24, 2.45) is 0 Å². The number of aromatic nitrogens is 1. The zero-order valence-electron chi connectivity index (χ0n) is 16.1. The second-order valence-electron chi connectivity index (χ2n) is 7.57. The highest BCUT2D eigenvalue weighted by Crippen LogP contribution is 2.38. The van der Waals surface area contributed by atoms with Gasteiger partial charge in [0.15, 0.2) is 11.4 Å². The van der Waals surface area contributed by atoms with Gasteiger partial charge in [0, 0.05) is 12.3 Å². The van der Waals surface area contributed by atoms with E-state index >= 15 is 0 Å². The maximum absolute atomic E-state index is 12.4. The van der Waals surface area contributed by atoms with Crippen molar-refractivity contribution in [2.75, 3.05) is 11.7 Å². The van der Waals surface area contributed by atoms with Gasteiger partial charge in [0.25, 0.3) is 5.91 Å². The fraction of sp³-hybridized carbons (Fsp3) is 0.217. The van der Waals surface area contributed by atoms with Gasteiger partial charge in [-0.1, -0.05) is 42.5 Å². The van der Waals surface area contributed by atoms with Crippen LogP contribution in [0, 0.1) is 6.92 Å². The first-order valence-electron chi connectivity index (χ1n) is 9.72. The second kappa shape index (κ2) is 6.51. The summed E-state index contributed by atoms with van der Waals surface area (Å²) in [4.78, 5) is 24.4. The summed E-state index contributed by atoms with van der Waals surface area (Å²) in [5.74, 6) is -0.983. The molecule has 6 heteroatoms. The molecule has 1 amide bonds. The molecule has 29 heavy (non-hydrogen) atoms. The van der Waals surface area contributed by atoms with Crippen LogP contribution in [0.25, 0.3) is 0 Å². The highest BCUT2D eigenvalue weighted by molar-refractivity contribution is 5.96. The minimum absolute atomic E-state index is 0.0281. The molecule has 1 atom stereocenters. The summed E-state index contributed by atoms with van der Waals surface area (Å²) in [5.41, 5.74) is 5.55. The molecule has 0 saturated heterocycles. The van der Waals surface area contributed by atoms with E-state index in [1.54, 1.807) is 10.9 Å². The first kappa shape index (κ1) is 17.6. The molecule has 2 N–H and O–H groups in total. The van der Waals surface area contributed by atoms with Crippen LogP contribution in [0.2, 0.25) is 0 Å². The molecule has 0 bridgehead atoms. The van der Waals surface area contributed by atoms with Crippen molar-refractivity contribution >= 4 is 5.91 Å². The number of benzene rings is 2. The van der Waals surface area contributed by atoms with Crippen LogP contribution in [0.4, 0.5) is 0 Å². The number of amides is 1. The zero-order chi connectivity index (χ0) is 20.1. The molecule has 3 aromatic rings. The van der Waals surface area contributed by atoms with E-state index in [9.17, 15) is 14.7 Å². The largest absolute Gasteiger partial charge is 0.502 e. The third kappa shape index (κ3) is 2.63. The van der Waals surface area contributed by atoms with Crippen molar-refractivity contribution in [3.8, 4) is 5.75 Å². The normalized spacial score (nSPS) is 17.6. The molecule has 0 saturated carbocycles. The van der Waals surface area contributed by atoms with Gasteiger partial charge in [-0.05, 0) is 47.6 Å². The number of nitrogens with zero attached hydrogens (tertiary/aromatic N) is 2. The Bertz CT molecular complexity index is 1200. The molecule has 146 valence electrons. The van der Waals surface area contributed by atoms with Crippen molar-refractivity contribution in [2.45, 2.75) is 25.8 Å². The highest BCUT2D eigenvalue weighted by atomic mass is 16.3. The van der Waals surface area contributed by atoms with Crippen LogP contribution in [0.1, 0.15) is 44.3 Å². The van der Waals surface area contributed by atoms with Gasteiger partial charge in [0.2, 0.25) is 5.43 Å². The Hall–Kier alpha value is -3.54. The summed E-state index contributed by atoms with van der Waals surface area (Å²) >= 11 is 0. The number of fused-ring (bicyclic) bond motifs is 3. The molecule has 2 aliphatic rings. The standard InChI is InChI=1S/C23H21N3O3/c1-14-5-4-8-18-16(14)10-9-15-6-2-3-7-17(15)20(18)26-13-24-23(29)21-22(28)19(27)11-12-25(21)26/h2-8,11-12,20,28H,9-10,13H2,1H3,(H,24,29). The number of carbonyl (C=O) groups is 1. The molecule has 0 radical (unpaired) electrons. The Balaban J connectivity index is 1.78. The third-order valence-corrected chi connectivity index (χ3v) is 5.98. The lowest BCUT2D eigenvalue weighted by molar-refractivity contribution is 0.0915. The molecule has 2 aromatic carbocycles. The molecular weight excluding hydrogens is 366 g/mol. The van der Waals surface area contributed by atoms with Crippen molar-refractivity contribution < 1.29 is 9.90 Å². The first-order chi connectivity index (χ1) is 14.1. The predicted octanol–water partition coefficient (Wildman–Crippen LogP) is 2.39. The molecular formula is C23H21N3O3. The number of hydrogen-bond donors (Lipinski definition) is 2. The SMILES string of the molecule is Cc1cccc2c1CCc1ccccc1C2N1CNC(=O)c2c(O)c(=O)ccn21. The lowest BCUT2D eigenvalue weighted by Gasteiger charge is -2.40. The molecule has 1 aromatic heterocycles. The van der Waals surface area contributed by atoms with E-state index in [0.717, 1.165) is 18.4 Å². The van der Waals surface area contributed by atoms with E-state index in [1.165, 1.54) is 28.3 Å². The average Bonchev–Trinajstić information content (AvgIpc) is 2.89. The number of nitrogens with one attached hydrogen (secondary N) is 1. The summed E-state index contributed by atoms with van der Waals surface area (Å²) in [6, 6.07) is 15.8. The van der Waals surface area contributed by atoms with Gasteiger partial charge in [-0.15, -0.1) is 0 Å². The zero-order valence-corrected chi connectivity index (χ0v) is 16.1. The number of hydrogen-bond acceptors (Lipinski definition) is 4. The maximum atomic E-state index is 12.4. The van der Waals surface area contributed by atoms with Crippen LogP contribution < -0.4 is 15.8 Å². The monoisotopic (exact) mass is 387 g/mol. The van der Waals surface area contributed by atoms with Crippen molar-refractivity contribution in [3.05, 3.63) is 98.5 Å². The molecule has 1 aliphatic heterocycles. The maximum Gasteiger partial charge on any atom is 0.275 e. The minimum Gasteiger partial charge on any atom is -0.502 e. The fourth-order valence-corrected chi connectivity index (χ4v) is 4.57. The number of aryl methyl sites for hydroxylation is 2. The Kier molecular flexibility index (Phi) is 3.94. The van der Waals surface area contributed by atoms with E-state index in [2.05, 4.69) is 42.6 Å². The van der Waals surface area contributed by atoms with E-state index in [1.807, 2.05) is 17.1 Å². The minimum atomic E-state index is -0.564. The van der Waals surface area contributed by atoms with E-state index in [-0.39, 0.29) is 18.4 Å². The van der Waals surface area contributed by atoms with Crippen LogP contribution in [0.15, 0.2) is 59.5 Å². The quantitative estimate of drug-likeness (QED) is 0.672. The molecule has 1 unspecified atom stereocenters. The van der Waals surface area contributed by atoms with Gasteiger partial charge in [-0.25, -0.2) is 0 Å². The van der Waals surface area contributed by atoms with Gasteiger partial charge < -0.3 is 10.4 Å². The summed E-state index contributed by atoms with van der Waals surface area (Å²) < 4.78 is 1.62. The van der Waals surface area contributed by atoms with Crippen LogP contribution in [0.3, 0.4) is 0 Å². The number of pyridine rings is 1. The topological polar surface area (TPSA) is 74.6 Å². The Morgan fingerprint density at radius 1 is 1.00 bits per heavy atom. The predicted molar refractivity (Wildman–Crippen MR) is 110 cm³/mol. The van der Waals surface area contributed by atoms with Crippen LogP contribution >= 0.6 is 0 Å². The Morgan fingerprint density at radius 2 is 1.79 bits per heavy atom. The molecule has 5 rings (SSSR count). The van der Waals surface area contributed by atoms with E-state index in [0.29, 0.717) is 0 Å². The second-order valence-corrected chi connectivity index (χ2v) is 7.57. The van der Waals surface area contributed by atoms with Gasteiger partial charge in [-0.3, -0.25) is 19.3 Å². The first-order valence-corrected chi connectivity index (χ1v) is 9.72. The van der Waals surface area contributed by atoms with Gasteiger partial charge in [0.1, 0.15) is 6.67 Å². The fourth-order valence-electron chi connectivity index (χ4n) is 4.57. The van der Waals surface area contributed by atoms with Gasteiger partial charge >= 0.3 is 0 Å². The summed E-state index contributed by atoms with van der Waals surface area (Å²) in [7, 11) is 0. The van der Waals surface area contributed by atoms with Crippen LogP contribution in [-0.2, 0) is 12.8 Å². The van der Waals surface area contributed by atoms with E-state index < -0.39 is 17.1 Å². The van der Waals surface area contributed by atoms with E-state index in [4.69, 9.17) is 0 Å². The van der Waals surface area contributed by atoms with Crippen molar-refractivity contribution in [3.63, 3.8) is 0 Å². The van der Waals surface area contributed by atoms with Crippen LogP contribution in [0.5, 0.6) is 5.75 Å². The van der Waals surface area contributed by atoms with Crippen molar-refractivity contribution in [1.82, 2.24) is 9.99 Å². The molecule has 6 nitrogen and oxygen atoms in total. The average molecular weight is 387 g/mol.